The Kier molecular flexibility index (Phi) is 5.24. The van der Waals surface area contributed by atoms with Crippen molar-refractivity contribution in [3.8, 4) is 5.75 Å². The Morgan fingerprint density at radius 1 is 1.29 bits per heavy atom. The van der Waals surface area contributed by atoms with Gasteiger partial charge in [-0.15, -0.1) is 11.3 Å². The molecule has 5 nitrogen and oxygen atoms in total. The Labute approximate surface area is 147 Å². The van der Waals surface area contributed by atoms with E-state index in [1.165, 1.54) is 11.3 Å². The Hall–Kier alpha value is -1.41. The SMILES string of the molecule is CCc1ccc(S(=O)(=O)N2CCNCC2c2ccccc2OC)s1. The molecule has 1 aliphatic rings. The number of aryl methyl sites for hydroxylation is 1. The van der Waals surface area contributed by atoms with Crippen molar-refractivity contribution in [3.63, 3.8) is 0 Å². The van der Waals surface area contributed by atoms with E-state index in [4.69, 9.17) is 4.74 Å². The van der Waals surface area contributed by atoms with Crippen molar-refractivity contribution in [3.05, 3.63) is 46.8 Å². The molecule has 0 saturated carbocycles. The van der Waals surface area contributed by atoms with Gasteiger partial charge in [-0.2, -0.15) is 4.31 Å². The first-order chi connectivity index (χ1) is 11.6. The van der Waals surface area contributed by atoms with Crippen molar-refractivity contribution in [1.82, 2.24) is 9.62 Å². The average molecular weight is 367 g/mol. The molecule has 0 aliphatic carbocycles. The Morgan fingerprint density at radius 3 is 2.79 bits per heavy atom. The number of hydrogen-bond acceptors (Lipinski definition) is 5. The monoisotopic (exact) mass is 366 g/mol. The van der Waals surface area contributed by atoms with Crippen molar-refractivity contribution < 1.29 is 13.2 Å². The van der Waals surface area contributed by atoms with Gasteiger partial charge in [0.1, 0.15) is 9.96 Å². The number of hydrogen-bond donors (Lipinski definition) is 1. The van der Waals surface area contributed by atoms with Gasteiger partial charge in [-0.05, 0) is 24.6 Å². The van der Waals surface area contributed by atoms with Gasteiger partial charge in [0.2, 0.25) is 0 Å². The summed E-state index contributed by atoms with van der Waals surface area (Å²) in [5.41, 5.74) is 0.892. The molecule has 0 spiro atoms. The number of para-hydroxylation sites is 1. The van der Waals surface area contributed by atoms with E-state index in [-0.39, 0.29) is 6.04 Å². The molecule has 130 valence electrons. The number of benzene rings is 1. The number of nitrogens with one attached hydrogen (secondary N) is 1. The van der Waals surface area contributed by atoms with E-state index in [0.29, 0.717) is 29.6 Å². The van der Waals surface area contributed by atoms with Crippen LogP contribution >= 0.6 is 11.3 Å². The van der Waals surface area contributed by atoms with Crippen LogP contribution in [0.25, 0.3) is 0 Å². The first kappa shape index (κ1) is 17.4. The molecule has 1 aromatic carbocycles. The molecular formula is C17H22N2O3S2. The van der Waals surface area contributed by atoms with Crippen LogP contribution in [-0.2, 0) is 16.4 Å². The number of ether oxygens (including phenoxy) is 1. The number of rotatable bonds is 5. The predicted octanol–water partition coefficient (Wildman–Crippen LogP) is 2.65. The van der Waals surface area contributed by atoms with Crippen LogP contribution in [0.15, 0.2) is 40.6 Å². The van der Waals surface area contributed by atoms with Crippen molar-refractivity contribution in [1.29, 1.82) is 0 Å². The lowest BCUT2D eigenvalue weighted by molar-refractivity contribution is 0.265. The summed E-state index contributed by atoms with van der Waals surface area (Å²) in [6.45, 7) is 3.71. The highest BCUT2D eigenvalue weighted by Crippen LogP contribution is 2.35. The summed E-state index contributed by atoms with van der Waals surface area (Å²) < 4.78 is 33.8. The Balaban J connectivity index is 2.00. The zero-order valence-electron chi connectivity index (χ0n) is 13.9. The second-order valence-electron chi connectivity index (χ2n) is 5.65. The fourth-order valence-electron chi connectivity index (χ4n) is 2.98. The molecule has 0 amide bonds. The highest BCUT2D eigenvalue weighted by Gasteiger charge is 2.36. The largest absolute Gasteiger partial charge is 0.496 e. The van der Waals surface area contributed by atoms with Gasteiger partial charge in [-0.1, -0.05) is 25.1 Å². The summed E-state index contributed by atoms with van der Waals surface area (Å²) in [7, 11) is -1.91. The molecule has 2 aromatic rings. The van der Waals surface area contributed by atoms with E-state index in [1.54, 1.807) is 17.5 Å². The van der Waals surface area contributed by atoms with Gasteiger partial charge in [-0.3, -0.25) is 0 Å². The van der Waals surface area contributed by atoms with Gasteiger partial charge in [0.05, 0.1) is 13.2 Å². The van der Waals surface area contributed by atoms with Crippen molar-refractivity contribution in [2.75, 3.05) is 26.7 Å². The smallest absolute Gasteiger partial charge is 0.253 e. The highest BCUT2D eigenvalue weighted by molar-refractivity contribution is 7.91. The molecule has 1 fully saturated rings. The molecule has 0 bridgehead atoms. The zero-order chi connectivity index (χ0) is 17.2. The van der Waals surface area contributed by atoms with Gasteiger partial charge in [0.15, 0.2) is 0 Å². The van der Waals surface area contributed by atoms with Crippen molar-refractivity contribution in [2.45, 2.75) is 23.6 Å². The number of methoxy groups -OCH3 is 1. The molecule has 1 unspecified atom stereocenters. The van der Waals surface area contributed by atoms with Gasteiger partial charge < -0.3 is 10.1 Å². The number of sulfonamides is 1. The van der Waals surface area contributed by atoms with Crippen LogP contribution in [0.5, 0.6) is 5.75 Å². The summed E-state index contributed by atoms with van der Waals surface area (Å²) in [6.07, 6.45) is 0.845. The number of nitrogens with zero attached hydrogens (tertiary/aromatic N) is 1. The van der Waals surface area contributed by atoms with Crippen LogP contribution in [0.3, 0.4) is 0 Å². The molecule has 2 heterocycles. The van der Waals surface area contributed by atoms with Crippen LogP contribution in [-0.4, -0.2) is 39.5 Å². The maximum absolute atomic E-state index is 13.2. The molecule has 3 rings (SSSR count). The third-order valence-corrected chi connectivity index (χ3v) is 7.85. The normalized spacial score (nSPS) is 19.3. The summed E-state index contributed by atoms with van der Waals surface area (Å²) in [6, 6.07) is 11.0. The second kappa shape index (κ2) is 7.23. The lowest BCUT2D eigenvalue weighted by Gasteiger charge is -2.35. The van der Waals surface area contributed by atoms with Crippen LogP contribution < -0.4 is 10.1 Å². The number of piperazine rings is 1. The first-order valence-electron chi connectivity index (χ1n) is 8.02. The molecular weight excluding hydrogens is 344 g/mol. The quantitative estimate of drug-likeness (QED) is 0.884. The van der Waals surface area contributed by atoms with Gasteiger partial charge in [0.25, 0.3) is 10.0 Å². The van der Waals surface area contributed by atoms with E-state index >= 15 is 0 Å². The third kappa shape index (κ3) is 3.21. The van der Waals surface area contributed by atoms with Gasteiger partial charge in [0, 0.05) is 30.1 Å². The minimum atomic E-state index is -3.52. The van der Waals surface area contributed by atoms with E-state index in [0.717, 1.165) is 16.9 Å². The van der Waals surface area contributed by atoms with Gasteiger partial charge in [-0.25, -0.2) is 8.42 Å². The second-order valence-corrected chi connectivity index (χ2v) is 8.94. The minimum Gasteiger partial charge on any atom is -0.496 e. The van der Waals surface area contributed by atoms with E-state index in [1.807, 2.05) is 37.3 Å². The van der Waals surface area contributed by atoms with Crippen molar-refractivity contribution in [2.24, 2.45) is 0 Å². The Morgan fingerprint density at radius 2 is 2.08 bits per heavy atom. The highest BCUT2D eigenvalue weighted by atomic mass is 32.2. The van der Waals surface area contributed by atoms with Crippen LogP contribution in [0.4, 0.5) is 0 Å². The lowest BCUT2D eigenvalue weighted by Crippen LogP contribution is -2.48. The fourth-order valence-corrected chi connectivity index (χ4v) is 6.01. The van der Waals surface area contributed by atoms with Crippen molar-refractivity contribution >= 4 is 21.4 Å². The zero-order valence-corrected chi connectivity index (χ0v) is 15.5. The van der Waals surface area contributed by atoms with Crippen LogP contribution in [0.2, 0.25) is 0 Å². The molecule has 0 radical (unpaired) electrons. The molecule has 1 aromatic heterocycles. The molecule has 1 saturated heterocycles. The fraction of sp³-hybridized carbons (Fsp3) is 0.412. The average Bonchev–Trinajstić information content (AvgIpc) is 3.12. The van der Waals surface area contributed by atoms with E-state index < -0.39 is 10.0 Å². The molecule has 1 N–H and O–H groups in total. The van der Waals surface area contributed by atoms with Gasteiger partial charge >= 0.3 is 0 Å². The van der Waals surface area contributed by atoms with Crippen LogP contribution in [0.1, 0.15) is 23.4 Å². The maximum atomic E-state index is 13.2. The third-order valence-electron chi connectivity index (χ3n) is 4.24. The summed E-state index contributed by atoms with van der Waals surface area (Å²) in [5, 5.41) is 3.30. The lowest BCUT2D eigenvalue weighted by atomic mass is 10.0. The molecule has 24 heavy (non-hydrogen) atoms. The molecule has 1 aliphatic heterocycles. The standard InChI is InChI=1S/C17H22N2O3S2/c1-3-13-8-9-17(23-13)24(20,21)19-11-10-18-12-15(19)14-6-4-5-7-16(14)22-2/h4-9,15,18H,3,10-12H2,1-2H3. The first-order valence-corrected chi connectivity index (χ1v) is 10.3. The topological polar surface area (TPSA) is 58.6 Å². The predicted molar refractivity (Wildman–Crippen MR) is 96.2 cm³/mol. The summed E-state index contributed by atoms with van der Waals surface area (Å²) in [4.78, 5) is 1.08. The minimum absolute atomic E-state index is 0.271. The maximum Gasteiger partial charge on any atom is 0.253 e. The summed E-state index contributed by atoms with van der Waals surface area (Å²) in [5.74, 6) is 0.715. The van der Waals surface area contributed by atoms with E-state index in [2.05, 4.69) is 5.32 Å². The Bertz CT molecular complexity index is 802. The number of thiophene rings is 1. The van der Waals surface area contributed by atoms with Crippen LogP contribution in [0, 0.1) is 0 Å². The van der Waals surface area contributed by atoms with E-state index in [9.17, 15) is 8.42 Å². The molecule has 7 heteroatoms. The summed E-state index contributed by atoms with van der Waals surface area (Å²) >= 11 is 1.36. The molecule has 1 atom stereocenters.